The van der Waals surface area contributed by atoms with Crippen LogP contribution in [0.2, 0.25) is 10.0 Å². The Balaban J connectivity index is 1.86. The Morgan fingerprint density at radius 3 is 2.52 bits per heavy atom. The van der Waals surface area contributed by atoms with Crippen LogP contribution in [0, 0.1) is 6.92 Å². The minimum atomic E-state index is 0.226. The summed E-state index contributed by atoms with van der Waals surface area (Å²) in [7, 11) is 0. The fourth-order valence-electron chi connectivity index (χ4n) is 2.64. The molecule has 1 aromatic heterocycles. The summed E-state index contributed by atoms with van der Waals surface area (Å²) in [6.45, 7) is 4.21. The van der Waals surface area contributed by atoms with Gasteiger partial charge in [-0.05, 0) is 30.2 Å². The van der Waals surface area contributed by atoms with Crippen molar-refractivity contribution in [3.8, 4) is 0 Å². The van der Waals surface area contributed by atoms with E-state index in [9.17, 15) is 0 Å². The summed E-state index contributed by atoms with van der Waals surface area (Å²) in [4.78, 5) is 8.21. The van der Waals surface area contributed by atoms with E-state index >= 15 is 0 Å². The van der Waals surface area contributed by atoms with Gasteiger partial charge < -0.3 is 4.98 Å². The van der Waals surface area contributed by atoms with Crippen LogP contribution < -0.4 is 0 Å². The molecule has 3 rings (SSSR count). The van der Waals surface area contributed by atoms with E-state index in [-0.39, 0.29) is 5.92 Å². The lowest BCUT2D eigenvalue weighted by Gasteiger charge is -2.08. The van der Waals surface area contributed by atoms with Gasteiger partial charge in [0.25, 0.3) is 0 Å². The summed E-state index contributed by atoms with van der Waals surface area (Å²) < 4.78 is 0. The van der Waals surface area contributed by atoms with Crippen molar-refractivity contribution < 1.29 is 0 Å². The molecule has 23 heavy (non-hydrogen) atoms. The lowest BCUT2D eigenvalue weighted by Crippen LogP contribution is -1.98. The number of rotatable bonds is 4. The average Bonchev–Trinajstić information content (AvgIpc) is 2.91. The van der Waals surface area contributed by atoms with Crippen LogP contribution in [-0.4, -0.2) is 9.97 Å². The van der Waals surface area contributed by atoms with Crippen molar-refractivity contribution in [2.45, 2.75) is 26.2 Å². The maximum atomic E-state index is 6.27. The molecular weight excluding hydrogens is 327 g/mol. The number of nitrogens with zero attached hydrogens (tertiary/aromatic N) is 1. The van der Waals surface area contributed by atoms with Gasteiger partial charge in [0, 0.05) is 28.1 Å². The Morgan fingerprint density at radius 1 is 1.09 bits per heavy atom. The van der Waals surface area contributed by atoms with Gasteiger partial charge in [0.1, 0.15) is 5.82 Å². The molecule has 1 N–H and O–H groups in total. The first-order valence-electron chi connectivity index (χ1n) is 7.59. The number of hydrogen-bond acceptors (Lipinski definition) is 1. The average molecular weight is 345 g/mol. The third-order valence-corrected chi connectivity index (χ3v) is 4.67. The molecule has 0 aliphatic rings. The van der Waals surface area contributed by atoms with Crippen LogP contribution in [0.1, 0.15) is 41.2 Å². The van der Waals surface area contributed by atoms with E-state index in [1.54, 1.807) is 6.07 Å². The van der Waals surface area contributed by atoms with E-state index in [0.717, 1.165) is 22.8 Å². The normalized spacial score (nSPS) is 12.3. The van der Waals surface area contributed by atoms with Gasteiger partial charge in [0.2, 0.25) is 0 Å². The van der Waals surface area contributed by atoms with E-state index in [2.05, 4.69) is 36.2 Å². The van der Waals surface area contributed by atoms with Crippen molar-refractivity contribution in [1.82, 2.24) is 9.97 Å². The van der Waals surface area contributed by atoms with E-state index in [1.807, 2.05) is 25.1 Å². The first-order valence-corrected chi connectivity index (χ1v) is 8.34. The van der Waals surface area contributed by atoms with E-state index in [1.165, 1.54) is 5.56 Å². The number of hydrogen-bond donors (Lipinski definition) is 1. The monoisotopic (exact) mass is 344 g/mol. The molecular formula is C19H18Cl2N2. The van der Waals surface area contributed by atoms with Crippen LogP contribution in [0.15, 0.2) is 48.5 Å². The molecule has 1 atom stereocenters. The van der Waals surface area contributed by atoms with Gasteiger partial charge in [-0.15, -0.1) is 0 Å². The molecule has 0 saturated carbocycles. The highest BCUT2D eigenvalue weighted by Gasteiger charge is 2.15. The molecule has 3 aromatic rings. The van der Waals surface area contributed by atoms with Crippen LogP contribution >= 0.6 is 23.2 Å². The summed E-state index contributed by atoms with van der Waals surface area (Å²) >= 11 is 12.2. The molecule has 0 aliphatic carbocycles. The molecule has 0 radical (unpaired) electrons. The van der Waals surface area contributed by atoms with Gasteiger partial charge in [0.05, 0.1) is 5.69 Å². The van der Waals surface area contributed by atoms with Crippen molar-refractivity contribution in [2.75, 3.05) is 0 Å². The van der Waals surface area contributed by atoms with Gasteiger partial charge in [-0.1, -0.05) is 66.5 Å². The van der Waals surface area contributed by atoms with Gasteiger partial charge >= 0.3 is 0 Å². The third-order valence-electron chi connectivity index (χ3n) is 4.09. The molecule has 0 bridgehead atoms. The first-order chi connectivity index (χ1) is 11.0. The summed E-state index contributed by atoms with van der Waals surface area (Å²) in [5.74, 6) is 1.21. The largest absolute Gasteiger partial charge is 0.345 e. The minimum absolute atomic E-state index is 0.226. The number of nitrogens with one attached hydrogen (secondary N) is 1. The zero-order chi connectivity index (χ0) is 16.4. The Bertz CT molecular complexity index is 809. The number of aromatic amines is 1. The smallest absolute Gasteiger partial charge is 0.113 e. The van der Waals surface area contributed by atoms with E-state index in [4.69, 9.17) is 28.2 Å². The second-order valence-corrected chi connectivity index (χ2v) is 6.58. The highest BCUT2D eigenvalue weighted by Crippen LogP contribution is 2.26. The number of H-pyrrole nitrogens is 1. The van der Waals surface area contributed by atoms with Gasteiger partial charge in [-0.3, -0.25) is 0 Å². The summed E-state index contributed by atoms with van der Waals surface area (Å²) in [5, 5.41) is 1.33. The van der Waals surface area contributed by atoms with Crippen LogP contribution in [0.25, 0.3) is 0 Å². The molecule has 4 heteroatoms. The van der Waals surface area contributed by atoms with Crippen LogP contribution in [0.3, 0.4) is 0 Å². The molecule has 0 fully saturated rings. The summed E-state index contributed by atoms with van der Waals surface area (Å²) in [6.07, 6.45) is 0.694. The van der Waals surface area contributed by atoms with E-state index < -0.39 is 0 Å². The quantitative estimate of drug-likeness (QED) is 0.639. The van der Waals surface area contributed by atoms with Crippen molar-refractivity contribution in [1.29, 1.82) is 0 Å². The molecule has 0 saturated heterocycles. The zero-order valence-electron chi connectivity index (χ0n) is 13.1. The van der Waals surface area contributed by atoms with Crippen molar-refractivity contribution >= 4 is 23.2 Å². The van der Waals surface area contributed by atoms with Crippen LogP contribution in [0.5, 0.6) is 0 Å². The fraction of sp³-hybridized carbons (Fsp3) is 0.211. The fourth-order valence-corrected chi connectivity index (χ4v) is 3.12. The van der Waals surface area contributed by atoms with Gasteiger partial charge in [-0.25, -0.2) is 4.98 Å². The lowest BCUT2D eigenvalue weighted by molar-refractivity contribution is 0.832. The zero-order valence-corrected chi connectivity index (χ0v) is 14.6. The molecule has 118 valence electrons. The lowest BCUT2D eigenvalue weighted by atomic mass is 10.0. The van der Waals surface area contributed by atoms with Crippen LogP contribution in [0.4, 0.5) is 0 Å². The predicted molar refractivity (Wildman–Crippen MR) is 96.6 cm³/mol. The molecule has 1 heterocycles. The third kappa shape index (κ3) is 3.60. The standard InChI is InChI=1S/C19H18Cl2N2/c1-12(14-6-4-3-5-7-14)19-22-13(2)18(23-19)10-15-8-9-16(20)11-17(15)21/h3-9,11-12H,10H2,1-2H3,(H,22,23). The number of halogens is 2. The maximum Gasteiger partial charge on any atom is 0.113 e. The predicted octanol–water partition coefficient (Wildman–Crippen LogP) is 5.77. The maximum absolute atomic E-state index is 6.27. The molecule has 2 aromatic carbocycles. The highest BCUT2D eigenvalue weighted by molar-refractivity contribution is 6.35. The number of imidazole rings is 1. The number of aromatic nitrogens is 2. The first kappa shape index (κ1) is 16.1. The summed E-state index contributed by atoms with van der Waals surface area (Å²) in [5.41, 5.74) is 4.38. The minimum Gasteiger partial charge on any atom is -0.345 e. The molecule has 0 spiro atoms. The van der Waals surface area contributed by atoms with Crippen molar-refractivity contribution in [3.05, 3.63) is 86.9 Å². The van der Waals surface area contributed by atoms with Gasteiger partial charge in [0.15, 0.2) is 0 Å². The van der Waals surface area contributed by atoms with E-state index in [0.29, 0.717) is 16.5 Å². The molecule has 0 amide bonds. The SMILES string of the molecule is Cc1[nH]c(C(C)c2ccccc2)nc1Cc1ccc(Cl)cc1Cl. The van der Waals surface area contributed by atoms with Crippen molar-refractivity contribution in [3.63, 3.8) is 0 Å². The number of aryl methyl sites for hydroxylation is 1. The Hall–Kier alpha value is -1.77. The van der Waals surface area contributed by atoms with Crippen LogP contribution in [-0.2, 0) is 6.42 Å². The molecule has 0 aliphatic heterocycles. The molecule has 2 nitrogen and oxygen atoms in total. The van der Waals surface area contributed by atoms with Crippen molar-refractivity contribution in [2.24, 2.45) is 0 Å². The topological polar surface area (TPSA) is 28.7 Å². The molecule has 1 unspecified atom stereocenters. The highest BCUT2D eigenvalue weighted by atomic mass is 35.5. The van der Waals surface area contributed by atoms with Gasteiger partial charge in [-0.2, -0.15) is 0 Å². The Morgan fingerprint density at radius 2 is 1.83 bits per heavy atom. The Labute approximate surface area is 146 Å². The Kier molecular flexibility index (Phi) is 4.74. The number of benzene rings is 2. The summed E-state index contributed by atoms with van der Waals surface area (Å²) in [6, 6.07) is 16.0. The second-order valence-electron chi connectivity index (χ2n) is 5.74. The second kappa shape index (κ2) is 6.77.